The summed E-state index contributed by atoms with van der Waals surface area (Å²) in [5.41, 5.74) is 0.128. The average molecular weight is 347 g/mol. The van der Waals surface area contributed by atoms with Crippen molar-refractivity contribution in [3.8, 4) is 0 Å². The molecule has 0 aromatic carbocycles. The van der Waals surface area contributed by atoms with Crippen LogP contribution in [-0.2, 0) is 4.74 Å². The zero-order valence-electron chi connectivity index (χ0n) is 17.8. The molecule has 0 N–H and O–H groups in total. The molecule has 0 spiro atoms. The molecule has 0 amide bonds. The molecule has 0 saturated heterocycles. The Bertz CT molecular complexity index is 413. The van der Waals surface area contributed by atoms with Crippen molar-refractivity contribution in [1.29, 1.82) is 0 Å². The van der Waals surface area contributed by atoms with E-state index >= 15 is 0 Å². The Balaban J connectivity index is 2.22. The molecule has 1 heteroatoms. The number of hydrogen-bond donors (Lipinski definition) is 0. The molecule has 0 aromatic heterocycles. The minimum atomic E-state index is 0.0638. The lowest BCUT2D eigenvalue weighted by Crippen LogP contribution is -2.21. The summed E-state index contributed by atoms with van der Waals surface area (Å²) in [4.78, 5) is 0. The fraction of sp³-hybridized carbons (Fsp3) is 0.833. The summed E-state index contributed by atoms with van der Waals surface area (Å²) >= 11 is 0. The van der Waals surface area contributed by atoms with Crippen LogP contribution in [0.15, 0.2) is 23.7 Å². The molecule has 25 heavy (non-hydrogen) atoms. The lowest BCUT2D eigenvalue weighted by Gasteiger charge is -2.32. The largest absolute Gasteiger partial charge is 0.466 e. The van der Waals surface area contributed by atoms with E-state index in [9.17, 15) is 0 Å². The van der Waals surface area contributed by atoms with Gasteiger partial charge in [0.25, 0.3) is 0 Å². The van der Waals surface area contributed by atoms with Crippen molar-refractivity contribution < 1.29 is 4.74 Å². The summed E-state index contributed by atoms with van der Waals surface area (Å²) in [6.07, 6.45) is 18.6. The minimum Gasteiger partial charge on any atom is -0.466 e. The standard InChI is InChI=1S/C24H42O/c1-23(2,3)21(17-19-13-9-7-10-14-19)25-22(24(4,5)6)18-20-15-11-8-12-16-20/h17-20H,7-16H2,1-6H3/b21-17-,22-18-. The second-order valence-electron chi connectivity index (χ2n) is 10.5. The zero-order valence-corrected chi connectivity index (χ0v) is 17.8. The average Bonchev–Trinajstić information content (AvgIpc) is 2.53. The number of hydrogen-bond acceptors (Lipinski definition) is 1. The van der Waals surface area contributed by atoms with Crippen LogP contribution in [0.1, 0.15) is 106 Å². The second-order valence-corrected chi connectivity index (χ2v) is 10.5. The van der Waals surface area contributed by atoms with E-state index < -0.39 is 0 Å². The van der Waals surface area contributed by atoms with E-state index in [1.54, 1.807) is 0 Å². The predicted molar refractivity (Wildman–Crippen MR) is 109 cm³/mol. The monoisotopic (exact) mass is 346 g/mol. The van der Waals surface area contributed by atoms with E-state index in [4.69, 9.17) is 4.74 Å². The molecule has 144 valence electrons. The summed E-state index contributed by atoms with van der Waals surface area (Å²) in [5.74, 6) is 3.80. The molecule has 0 aliphatic heterocycles. The number of allylic oxidation sites excluding steroid dienone is 4. The Hall–Kier alpha value is -0.720. The van der Waals surface area contributed by atoms with Crippen LogP contribution in [-0.4, -0.2) is 0 Å². The Morgan fingerprint density at radius 3 is 1.20 bits per heavy atom. The van der Waals surface area contributed by atoms with Crippen molar-refractivity contribution in [2.24, 2.45) is 22.7 Å². The van der Waals surface area contributed by atoms with Crippen LogP contribution in [0.4, 0.5) is 0 Å². The van der Waals surface area contributed by atoms with Crippen LogP contribution < -0.4 is 0 Å². The first kappa shape index (κ1) is 20.6. The number of rotatable bonds is 4. The van der Waals surface area contributed by atoms with Crippen molar-refractivity contribution in [2.75, 3.05) is 0 Å². The Kier molecular flexibility index (Phi) is 7.23. The van der Waals surface area contributed by atoms with E-state index in [1.165, 1.54) is 75.7 Å². The quantitative estimate of drug-likeness (QED) is 0.468. The first-order valence-corrected chi connectivity index (χ1v) is 10.8. The van der Waals surface area contributed by atoms with Crippen LogP contribution in [0.3, 0.4) is 0 Å². The van der Waals surface area contributed by atoms with E-state index in [2.05, 4.69) is 53.7 Å². The van der Waals surface area contributed by atoms with Crippen molar-refractivity contribution in [2.45, 2.75) is 106 Å². The summed E-state index contributed by atoms with van der Waals surface area (Å²) in [6, 6.07) is 0. The van der Waals surface area contributed by atoms with Crippen molar-refractivity contribution in [3.05, 3.63) is 23.7 Å². The Morgan fingerprint density at radius 1 is 0.600 bits per heavy atom. The lowest BCUT2D eigenvalue weighted by molar-refractivity contribution is 0.156. The third kappa shape index (κ3) is 6.83. The molecule has 2 rings (SSSR count). The third-order valence-electron chi connectivity index (χ3n) is 5.77. The van der Waals surface area contributed by atoms with Crippen LogP contribution >= 0.6 is 0 Å². The van der Waals surface area contributed by atoms with E-state index in [-0.39, 0.29) is 10.8 Å². The highest BCUT2D eigenvalue weighted by Gasteiger charge is 2.28. The maximum absolute atomic E-state index is 6.71. The zero-order chi connectivity index (χ0) is 18.5. The van der Waals surface area contributed by atoms with Gasteiger partial charge in [0.05, 0.1) is 0 Å². The molecule has 0 atom stereocenters. The van der Waals surface area contributed by atoms with Gasteiger partial charge in [0.1, 0.15) is 11.5 Å². The van der Waals surface area contributed by atoms with Gasteiger partial charge in [-0.05, 0) is 49.7 Å². The Labute approximate surface area is 157 Å². The Morgan fingerprint density at radius 2 is 0.920 bits per heavy atom. The van der Waals surface area contributed by atoms with Crippen molar-refractivity contribution in [1.82, 2.24) is 0 Å². The fourth-order valence-corrected chi connectivity index (χ4v) is 4.02. The molecule has 0 radical (unpaired) electrons. The molecular weight excluding hydrogens is 304 g/mol. The fourth-order valence-electron chi connectivity index (χ4n) is 4.02. The van der Waals surface area contributed by atoms with E-state index in [0.29, 0.717) is 11.8 Å². The molecule has 1 nitrogen and oxygen atoms in total. The van der Waals surface area contributed by atoms with Gasteiger partial charge in [0.2, 0.25) is 0 Å². The van der Waals surface area contributed by atoms with Gasteiger partial charge in [-0.2, -0.15) is 0 Å². The van der Waals surface area contributed by atoms with E-state index in [0.717, 1.165) is 0 Å². The lowest BCUT2D eigenvalue weighted by atomic mass is 9.83. The number of ether oxygens (including phenoxy) is 1. The van der Waals surface area contributed by atoms with Gasteiger partial charge in [-0.1, -0.05) is 80.1 Å². The van der Waals surface area contributed by atoms with Gasteiger partial charge in [-0.15, -0.1) is 0 Å². The van der Waals surface area contributed by atoms with Gasteiger partial charge >= 0.3 is 0 Å². The summed E-state index contributed by atoms with van der Waals surface area (Å²) in [7, 11) is 0. The smallest absolute Gasteiger partial charge is 0.105 e. The maximum Gasteiger partial charge on any atom is 0.105 e. The molecule has 2 aliphatic rings. The minimum absolute atomic E-state index is 0.0638. The van der Waals surface area contributed by atoms with Crippen molar-refractivity contribution in [3.63, 3.8) is 0 Å². The first-order valence-electron chi connectivity index (χ1n) is 10.8. The van der Waals surface area contributed by atoms with Gasteiger partial charge in [0.15, 0.2) is 0 Å². The SMILES string of the molecule is CC(C)(C)/C(=C/C1CCCCC1)O/C(=C\C1CCCCC1)C(C)(C)C. The summed E-state index contributed by atoms with van der Waals surface area (Å²) < 4.78 is 6.71. The normalized spacial score (nSPS) is 23.0. The molecule has 0 heterocycles. The second kappa shape index (κ2) is 8.78. The molecule has 0 unspecified atom stereocenters. The maximum atomic E-state index is 6.71. The first-order chi connectivity index (χ1) is 11.7. The van der Waals surface area contributed by atoms with Gasteiger partial charge in [-0.3, -0.25) is 0 Å². The highest BCUT2D eigenvalue weighted by molar-refractivity contribution is 5.14. The molecule has 0 aromatic rings. The van der Waals surface area contributed by atoms with Gasteiger partial charge in [-0.25, -0.2) is 0 Å². The summed E-state index contributed by atoms with van der Waals surface area (Å²) in [6.45, 7) is 13.8. The molecular formula is C24H42O. The van der Waals surface area contributed by atoms with Gasteiger partial charge in [0, 0.05) is 10.8 Å². The highest BCUT2D eigenvalue weighted by Crippen LogP contribution is 2.39. The van der Waals surface area contributed by atoms with Crippen LogP contribution in [0.25, 0.3) is 0 Å². The third-order valence-corrected chi connectivity index (χ3v) is 5.77. The topological polar surface area (TPSA) is 9.23 Å². The van der Waals surface area contributed by atoms with Gasteiger partial charge < -0.3 is 4.74 Å². The van der Waals surface area contributed by atoms with Crippen LogP contribution in [0.5, 0.6) is 0 Å². The van der Waals surface area contributed by atoms with E-state index in [1.807, 2.05) is 0 Å². The molecule has 2 fully saturated rings. The highest BCUT2D eigenvalue weighted by atomic mass is 16.5. The van der Waals surface area contributed by atoms with Crippen molar-refractivity contribution >= 4 is 0 Å². The van der Waals surface area contributed by atoms with Crippen LogP contribution in [0.2, 0.25) is 0 Å². The van der Waals surface area contributed by atoms with Crippen LogP contribution in [0, 0.1) is 22.7 Å². The molecule has 2 saturated carbocycles. The molecule has 0 bridgehead atoms. The summed E-state index contributed by atoms with van der Waals surface area (Å²) in [5, 5.41) is 0. The molecule has 2 aliphatic carbocycles. The predicted octanol–water partition coefficient (Wildman–Crippen LogP) is 8.02.